The van der Waals surface area contributed by atoms with Crippen LogP contribution in [0, 0.1) is 0 Å². The summed E-state index contributed by atoms with van der Waals surface area (Å²) < 4.78 is 10.6. The number of carboxylic acids is 1. The van der Waals surface area contributed by atoms with Gasteiger partial charge in [0.1, 0.15) is 11.5 Å². The second-order valence-electron chi connectivity index (χ2n) is 3.76. The zero-order chi connectivity index (χ0) is 13.0. The Morgan fingerprint density at radius 1 is 1.50 bits per heavy atom. The van der Waals surface area contributed by atoms with Crippen LogP contribution in [0.1, 0.15) is 12.2 Å². The van der Waals surface area contributed by atoms with E-state index < -0.39 is 5.97 Å². The van der Waals surface area contributed by atoms with E-state index in [1.165, 1.54) is 0 Å². The summed E-state index contributed by atoms with van der Waals surface area (Å²) in [4.78, 5) is 14.6. The second kappa shape index (κ2) is 5.35. The van der Waals surface area contributed by atoms with Gasteiger partial charge in [0.05, 0.1) is 19.7 Å². The van der Waals surface area contributed by atoms with Crippen LogP contribution in [0.25, 0.3) is 11.5 Å². The van der Waals surface area contributed by atoms with Crippen molar-refractivity contribution in [2.75, 3.05) is 7.11 Å². The van der Waals surface area contributed by atoms with Gasteiger partial charge in [-0.05, 0) is 18.2 Å². The molecule has 0 bridgehead atoms. The molecular weight excluding hydrogens is 234 g/mol. The molecule has 0 saturated carbocycles. The first-order chi connectivity index (χ1) is 8.69. The van der Waals surface area contributed by atoms with Crippen molar-refractivity contribution in [2.24, 2.45) is 0 Å². The largest absolute Gasteiger partial charge is 0.497 e. The van der Waals surface area contributed by atoms with Gasteiger partial charge in [-0.25, -0.2) is 4.98 Å². The van der Waals surface area contributed by atoms with Crippen LogP contribution in [0.4, 0.5) is 0 Å². The lowest BCUT2D eigenvalue weighted by atomic mass is 10.2. The first kappa shape index (κ1) is 12.2. The molecule has 0 aliphatic heterocycles. The summed E-state index contributed by atoms with van der Waals surface area (Å²) in [5.74, 6) is 0.900. The van der Waals surface area contributed by atoms with Gasteiger partial charge in [0.2, 0.25) is 5.89 Å². The lowest BCUT2D eigenvalue weighted by Crippen LogP contribution is -1.96. The third kappa shape index (κ3) is 2.88. The van der Waals surface area contributed by atoms with Gasteiger partial charge >= 0.3 is 5.97 Å². The number of aromatic nitrogens is 1. The van der Waals surface area contributed by atoms with E-state index in [2.05, 4.69) is 4.98 Å². The number of aryl methyl sites for hydroxylation is 1. The van der Waals surface area contributed by atoms with Gasteiger partial charge < -0.3 is 14.3 Å². The van der Waals surface area contributed by atoms with E-state index in [0.717, 1.165) is 11.3 Å². The quantitative estimate of drug-likeness (QED) is 0.878. The van der Waals surface area contributed by atoms with Crippen LogP contribution in [0.2, 0.25) is 0 Å². The van der Waals surface area contributed by atoms with Crippen molar-refractivity contribution < 1.29 is 19.1 Å². The van der Waals surface area contributed by atoms with Crippen molar-refractivity contribution in [3.8, 4) is 17.2 Å². The number of hydrogen-bond acceptors (Lipinski definition) is 4. The minimum Gasteiger partial charge on any atom is -0.497 e. The van der Waals surface area contributed by atoms with Gasteiger partial charge in [-0.2, -0.15) is 0 Å². The molecule has 1 heterocycles. The number of nitrogens with zero attached hydrogens (tertiary/aromatic N) is 1. The molecule has 0 radical (unpaired) electrons. The van der Waals surface area contributed by atoms with Crippen LogP contribution >= 0.6 is 0 Å². The van der Waals surface area contributed by atoms with Crippen LogP contribution in [-0.4, -0.2) is 23.2 Å². The molecule has 2 aromatic rings. The van der Waals surface area contributed by atoms with Gasteiger partial charge in [-0.3, -0.25) is 4.79 Å². The molecule has 0 fully saturated rings. The van der Waals surface area contributed by atoms with E-state index in [9.17, 15) is 4.79 Å². The molecule has 2 rings (SSSR count). The van der Waals surface area contributed by atoms with Crippen molar-refractivity contribution in [3.63, 3.8) is 0 Å². The van der Waals surface area contributed by atoms with Gasteiger partial charge in [0.15, 0.2) is 0 Å². The molecule has 1 aromatic heterocycles. The monoisotopic (exact) mass is 247 g/mol. The average molecular weight is 247 g/mol. The summed E-state index contributed by atoms with van der Waals surface area (Å²) in [5, 5.41) is 8.59. The van der Waals surface area contributed by atoms with Crippen molar-refractivity contribution >= 4 is 5.97 Å². The zero-order valence-electron chi connectivity index (χ0n) is 9.92. The third-order valence-electron chi connectivity index (χ3n) is 2.46. The Balaban J connectivity index is 2.15. The summed E-state index contributed by atoms with van der Waals surface area (Å²) in [6, 6.07) is 7.34. The zero-order valence-corrected chi connectivity index (χ0v) is 9.92. The molecule has 0 amide bonds. The third-order valence-corrected chi connectivity index (χ3v) is 2.46. The van der Waals surface area contributed by atoms with Crippen molar-refractivity contribution in [3.05, 3.63) is 36.2 Å². The van der Waals surface area contributed by atoms with E-state index in [-0.39, 0.29) is 6.42 Å². The maximum Gasteiger partial charge on any atom is 0.303 e. The molecule has 18 heavy (non-hydrogen) atoms. The van der Waals surface area contributed by atoms with Crippen molar-refractivity contribution in [1.29, 1.82) is 0 Å². The van der Waals surface area contributed by atoms with E-state index in [1.54, 1.807) is 13.3 Å². The molecule has 0 unspecified atom stereocenters. The number of rotatable bonds is 5. The first-order valence-electron chi connectivity index (χ1n) is 5.50. The Morgan fingerprint density at radius 3 is 3.06 bits per heavy atom. The van der Waals surface area contributed by atoms with Gasteiger partial charge in [-0.15, -0.1) is 0 Å². The Kier molecular flexibility index (Phi) is 3.62. The van der Waals surface area contributed by atoms with Crippen molar-refractivity contribution in [1.82, 2.24) is 4.98 Å². The minimum atomic E-state index is -0.852. The normalized spacial score (nSPS) is 10.3. The number of hydrogen-bond donors (Lipinski definition) is 1. The van der Waals surface area contributed by atoms with E-state index >= 15 is 0 Å². The van der Waals surface area contributed by atoms with Crippen LogP contribution in [0.15, 0.2) is 34.9 Å². The summed E-state index contributed by atoms with van der Waals surface area (Å²) in [6.07, 6.45) is 1.93. The molecule has 0 atom stereocenters. The molecule has 5 nitrogen and oxygen atoms in total. The van der Waals surface area contributed by atoms with E-state index in [4.69, 9.17) is 14.3 Å². The highest BCUT2D eigenvalue weighted by molar-refractivity contribution is 5.67. The minimum absolute atomic E-state index is 0.0345. The summed E-state index contributed by atoms with van der Waals surface area (Å²) in [6.45, 7) is 0. The van der Waals surface area contributed by atoms with Crippen LogP contribution < -0.4 is 4.74 Å². The SMILES string of the molecule is COc1cccc(-c2ncc(CCC(=O)O)o2)c1. The molecule has 5 heteroatoms. The lowest BCUT2D eigenvalue weighted by molar-refractivity contribution is -0.137. The maximum atomic E-state index is 10.5. The maximum absolute atomic E-state index is 10.5. The average Bonchev–Trinajstić information content (AvgIpc) is 2.85. The highest BCUT2D eigenvalue weighted by Crippen LogP contribution is 2.23. The summed E-state index contributed by atoms with van der Waals surface area (Å²) >= 11 is 0. The molecule has 94 valence electrons. The smallest absolute Gasteiger partial charge is 0.303 e. The predicted octanol–water partition coefficient (Wildman–Crippen LogP) is 2.37. The molecule has 1 aromatic carbocycles. The Bertz CT molecular complexity index is 547. The van der Waals surface area contributed by atoms with Crippen LogP contribution in [0.3, 0.4) is 0 Å². The van der Waals surface area contributed by atoms with E-state index in [1.807, 2.05) is 24.3 Å². The Morgan fingerprint density at radius 2 is 2.33 bits per heavy atom. The van der Waals surface area contributed by atoms with Gasteiger partial charge in [-0.1, -0.05) is 6.07 Å². The molecular formula is C13H13NO4. The molecule has 0 aliphatic carbocycles. The van der Waals surface area contributed by atoms with Gasteiger partial charge in [0.25, 0.3) is 0 Å². The Hall–Kier alpha value is -2.30. The first-order valence-corrected chi connectivity index (χ1v) is 5.50. The summed E-state index contributed by atoms with van der Waals surface area (Å²) in [5.41, 5.74) is 0.802. The van der Waals surface area contributed by atoms with E-state index in [0.29, 0.717) is 18.1 Å². The number of ether oxygens (including phenoxy) is 1. The summed E-state index contributed by atoms with van der Waals surface area (Å²) in [7, 11) is 1.59. The predicted molar refractivity (Wildman–Crippen MR) is 64.4 cm³/mol. The van der Waals surface area contributed by atoms with Gasteiger partial charge in [0, 0.05) is 12.0 Å². The topological polar surface area (TPSA) is 72.6 Å². The Labute approximate surface area is 104 Å². The number of aliphatic carboxylic acids is 1. The molecule has 0 spiro atoms. The molecule has 0 saturated heterocycles. The second-order valence-corrected chi connectivity index (χ2v) is 3.76. The highest BCUT2D eigenvalue weighted by Gasteiger charge is 2.08. The number of carbonyl (C=O) groups is 1. The highest BCUT2D eigenvalue weighted by atomic mass is 16.5. The van der Waals surface area contributed by atoms with Crippen molar-refractivity contribution in [2.45, 2.75) is 12.8 Å². The fourth-order valence-electron chi connectivity index (χ4n) is 1.54. The number of benzene rings is 1. The molecule has 0 aliphatic rings. The fourth-order valence-corrected chi connectivity index (χ4v) is 1.54. The number of oxazole rings is 1. The van der Waals surface area contributed by atoms with Crippen LogP contribution in [0.5, 0.6) is 5.75 Å². The fraction of sp³-hybridized carbons (Fsp3) is 0.231. The standard InChI is InChI=1S/C13H13NO4/c1-17-10-4-2-3-9(7-10)13-14-8-11(18-13)5-6-12(15)16/h2-4,7-8H,5-6H2,1H3,(H,15,16). The lowest BCUT2D eigenvalue weighted by Gasteiger charge is -2.00. The molecule has 1 N–H and O–H groups in total. The number of methoxy groups -OCH3 is 1. The van der Waals surface area contributed by atoms with Crippen LogP contribution in [-0.2, 0) is 11.2 Å². The number of carboxylic acid groups (broad SMARTS) is 1.